The van der Waals surface area contributed by atoms with Gasteiger partial charge in [0.1, 0.15) is 0 Å². The molecule has 2 aromatic carbocycles. The molecular weight excluding hydrogens is 344 g/mol. The Hall–Kier alpha value is -1.10. The van der Waals surface area contributed by atoms with Gasteiger partial charge < -0.3 is 4.98 Å². The summed E-state index contributed by atoms with van der Waals surface area (Å²) in [6, 6.07) is 11.8. The number of nitrogens with one attached hydrogen (secondary N) is 1. The summed E-state index contributed by atoms with van der Waals surface area (Å²) < 4.78 is 3.65. The number of imidazole rings is 1. The Labute approximate surface area is 129 Å². The molecule has 1 heterocycles. The lowest BCUT2D eigenvalue weighted by atomic mass is 10.2. The van der Waals surface area contributed by atoms with Gasteiger partial charge in [-0.15, -0.1) is 0 Å². The maximum absolute atomic E-state index is 6.15. The van der Waals surface area contributed by atoms with Crippen molar-refractivity contribution in [3.05, 3.63) is 56.2 Å². The van der Waals surface area contributed by atoms with E-state index in [9.17, 15) is 0 Å². The van der Waals surface area contributed by atoms with E-state index in [0.29, 0.717) is 9.79 Å². The lowest BCUT2D eigenvalue weighted by molar-refractivity contribution is 1.05. The first-order chi connectivity index (χ1) is 9.08. The van der Waals surface area contributed by atoms with E-state index < -0.39 is 0 Å². The number of hydrogen-bond acceptors (Lipinski definition) is 1. The zero-order valence-corrected chi connectivity index (χ0v) is 13.2. The number of para-hydroxylation sites is 2. The lowest BCUT2D eigenvalue weighted by Crippen LogP contribution is -1.98. The van der Waals surface area contributed by atoms with Crippen LogP contribution in [0.1, 0.15) is 5.56 Å². The van der Waals surface area contributed by atoms with Gasteiger partial charge in [0, 0.05) is 9.50 Å². The van der Waals surface area contributed by atoms with Crippen molar-refractivity contribution < 1.29 is 0 Å². The zero-order chi connectivity index (χ0) is 13.6. The maximum atomic E-state index is 6.15. The molecule has 1 N–H and O–H groups in total. The fourth-order valence-corrected chi connectivity index (χ4v) is 3.26. The van der Waals surface area contributed by atoms with E-state index in [1.165, 1.54) is 0 Å². The highest BCUT2D eigenvalue weighted by atomic mass is 79.9. The molecule has 0 saturated carbocycles. The summed E-state index contributed by atoms with van der Waals surface area (Å²) in [4.78, 5) is 3.21. The van der Waals surface area contributed by atoms with E-state index in [2.05, 4.69) is 20.9 Å². The van der Waals surface area contributed by atoms with Gasteiger partial charge in [-0.2, -0.15) is 0 Å². The first kappa shape index (κ1) is 12.9. The predicted molar refractivity (Wildman–Crippen MR) is 85.9 cm³/mol. The molecule has 0 saturated heterocycles. The number of aromatic nitrogens is 2. The van der Waals surface area contributed by atoms with E-state index in [1.807, 2.05) is 47.9 Å². The average molecular weight is 354 g/mol. The monoisotopic (exact) mass is 352 g/mol. The quantitative estimate of drug-likeness (QED) is 0.580. The van der Waals surface area contributed by atoms with Crippen LogP contribution < -0.4 is 0 Å². The molecule has 0 aliphatic rings. The number of fused-ring (bicyclic) bond motifs is 1. The first-order valence-electron chi connectivity index (χ1n) is 5.73. The van der Waals surface area contributed by atoms with Crippen LogP contribution in [-0.4, -0.2) is 9.55 Å². The van der Waals surface area contributed by atoms with E-state index in [0.717, 1.165) is 26.8 Å². The van der Waals surface area contributed by atoms with Gasteiger partial charge in [-0.1, -0.05) is 39.7 Å². The molecule has 0 unspecified atom stereocenters. The molecule has 3 rings (SSSR count). The molecule has 3 aromatic rings. The third-order valence-corrected chi connectivity index (χ3v) is 4.44. The van der Waals surface area contributed by atoms with Gasteiger partial charge in [0.05, 0.1) is 16.7 Å². The van der Waals surface area contributed by atoms with Gasteiger partial charge >= 0.3 is 0 Å². The van der Waals surface area contributed by atoms with Crippen molar-refractivity contribution in [1.29, 1.82) is 0 Å². The summed E-state index contributed by atoms with van der Waals surface area (Å²) in [5.41, 5.74) is 4.15. The number of H-pyrrole nitrogens is 1. The van der Waals surface area contributed by atoms with Crippen molar-refractivity contribution in [3.8, 4) is 5.69 Å². The Kier molecular flexibility index (Phi) is 3.25. The molecule has 96 valence electrons. The highest BCUT2D eigenvalue weighted by Crippen LogP contribution is 2.30. The van der Waals surface area contributed by atoms with Gasteiger partial charge in [-0.25, -0.2) is 0 Å². The molecular formula is C14H10BrClN2S. The van der Waals surface area contributed by atoms with Crippen molar-refractivity contribution in [2.24, 2.45) is 0 Å². The standard InChI is InChI=1S/C14H10BrClN2S/c1-8-10(15)6-9(16)7-13(8)18-12-5-3-2-4-11(12)17-14(18)19/h2-7H,1H3,(H,17,19). The molecule has 1 aromatic heterocycles. The highest BCUT2D eigenvalue weighted by Gasteiger charge is 2.11. The van der Waals surface area contributed by atoms with Gasteiger partial charge in [0.15, 0.2) is 4.77 Å². The molecule has 0 amide bonds. The topological polar surface area (TPSA) is 20.7 Å². The van der Waals surface area contributed by atoms with Gasteiger partial charge in [0.2, 0.25) is 0 Å². The van der Waals surface area contributed by atoms with Crippen molar-refractivity contribution in [2.45, 2.75) is 6.92 Å². The fraction of sp³-hybridized carbons (Fsp3) is 0.0714. The third-order valence-electron chi connectivity index (χ3n) is 3.11. The molecule has 2 nitrogen and oxygen atoms in total. The number of halogens is 2. The molecule has 0 spiro atoms. The van der Waals surface area contributed by atoms with E-state index >= 15 is 0 Å². The molecule has 0 fully saturated rings. The number of aromatic amines is 1. The largest absolute Gasteiger partial charge is 0.330 e. The number of nitrogens with zero attached hydrogens (tertiary/aromatic N) is 1. The minimum absolute atomic E-state index is 0.665. The molecule has 19 heavy (non-hydrogen) atoms. The number of rotatable bonds is 1. The predicted octanol–water partition coefficient (Wildman–Crippen LogP) is 5.41. The number of benzene rings is 2. The van der Waals surface area contributed by atoms with Crippen LogP contribution in [0.25, 0.3) is 16.7 Å². The van der Waals surface area contributed by atoms with Crippen LogP contribution >= 0.6 is 39.7 Å². The van der Waals surface area contributed by atoms with Crippen molar-refractivity contribution in [2.75, 3.05) is 0 Å². The summed E-state index contributed by atoms with van der Waals surface area (Å²) in [6.45, 7) is 2.04. The second-order valence-corrected chi connectivity index (χ2v) is 5.99. The summed E-state index contributed by atoms with van der Waals surface area (Å²) in [5.74, 6) is 0. The van der Waals surface area contributed by atoms with Gasteiger partial charge in [-0.3, -0.25) is 4.57 Å². The second-order valence-electron chi connectivity index (χ2n) is 4.31. The minimum atomic E-state index is 0.665. The molecule has 0 aliphatic heterocycles. The second kappa shape index (κ2) is 4.78. The Morgan fingerprint density at radius 1 is 1.26 bits per heavy atom. The Bertz CT molecular complexity index is 835. The normalized spacial score (nSPS) is 11.1. The molecule has 5 heteroatoms. The molecule has 0 radical (unpaired) electrons. The van der Waals surface area contributed by atoms with Crippen LogP contribution in [0.2, 0.25) is 5.02 Å². The lowest BCUT2D eigenvalue weighted by Gasteiger charge is -2.11. The first-order valence-corrected chi connectivity index (χ1v) is 7.31. The average Bonchev–Trinajstić information content (AvgIpc) is 2.70. The van der Waals surface area contributed by atoms with Crippen LogP contribution in [0.15, 0.2) is 40.9 Å². The summed E-state index contributed by atoms with van der Waals surface area (Å²) >= 11 is 15.1. The van der Waals surface area contributed by atoms with Gasteiger partial charge in [0.25, 0.3) is 0 Å². The number of hydrogen-bond donors (Lipinski definition) is 1. The van der Waals surface area contributed by atoms with E-state index in [4.69, 9.17) is 23.8 Å². The van der Waals surface area contributed by atoms with Crippen molar-refractivity contribution >= 4 is 50.8 Å². The van der Waals surface area contributed by atoms with E-state index in [1.54, 1.807) is 0 Å². The van der Waals surface area contributed by atoms with Gasteiger partial charge in [-0.05, 0) is 49.0 Å². The van der Waals surface area contributed by atoms with Crippen LogP contribution in [0.5, 0.6) is 0 Å². The third kappa shape index (κ3) is 2.14. The smallest absolute Gasteiger partial charge is 0.182 e. The summed E-state index contributed by atoms with van der Waals surface area (Å²) in [6.07, 6.45) is 0. The Balaban J connectivity index is 2.43. The van der Waals surface area contributed by atoms with E-state index in [-0.39, 0.29) is 0 Å². The van der Waals surface area contributed by atoms with Crippen LogP contribution in [0.3, 0.4) is 0 Å². The minimum Gasteiger partial charge on any atom is -0.330 e. The zero-order valence-electron chi connectivity index (χ0n) is 10.1. The van der Waals surface area contributed by atoms with Crippen LogP contribution in [0.4, 0.5) is 0 Å². The van der Waals surface area contributed by atoms with Crippen molar-refractivity contribution in [3.63, 3.8) is 0 Å². The summed E-state index contributed by atoms with van der Waals surface area (Å²) in [5, 5.41) is 0.680. The van der Waals surface area contributed by atoms with Crippen LogP contribution in [0, 0.1) is 11.7 Å². The Morgan fingerprint density at radius 2 is 2.00 bits per heavy atom. The molecule has 0 aliphatic carbocycles. The summed E-state index contributed by atoms with van der Waals surface area (Å²) in [7, 11) is 0. The molecule has 0 bridgehead atoms. The fourth-order valence-electron chi connectivity index (χ4n) is 2.16. The van der Waals surface area contributed by atoms with Crippen molar-refractivity contribution in [1.82, 2.24) is 9.55 Å². The highest BCUT2D eigenvalue weighted by molar-refractivity contribution is 9.10. The molecule has 0 atom stereocenters. The maximum Gasteiger partial charge on any atom is 0.182 e. The van der Waals surface area contributed by atoms with Crippen LogP contribution in [-0.2, 0) is 0 Å². The SMILES string of the molecule is Cc1c(Br)cc(Cl)cc1-n1c(=S)[nH]c2ccccc21. The Morgan fingerprint density at radius 3 is 2.79 bits per heavy atom.